The summed E-state index contributed by atoms with van der Waals surface area (Å²) in [4.78, 5) is 19.1. The second-order valence-corrected chi connectivity index (χ2v) is 9.46. The van der Waals surface area contributed by atoms with Gasteiger partial charge in [-0.3, -0.25) is 4.79 Å². The molecule has 1 saturated carbocycles. The molecule has 3 aromatic rings. The number of halogens is 1. The van der Waals surface area contributed by atoms with E-state index in [0.29, 0.717) is 22.4 Å². The van der Waals surface area contributed by atoms with Gasteiger partial charge < -0.3 is 5.32 Å². The van der Waals surface area contributed by atoms with Crippen LogP contribution in [0.3, 0.4) is 0 Å². The van der Waals surface area contributed by atoms with Crippen LogP contribution in [0.4, 0.5) is 0 Å². The van der Waals surface area contributed by atoms with Crippen molar-refractivity contribution in [1.29, 1.82) is 0 Å². The lowest BCUT2D eigenvalue weighted by molar-refractivity contribution is 0.0892. The van der Waals surface area contributed by atoms with Crippen LogP contribution >= 0.6 is 23.4 Å². The van der Waals surface area contributed by atoms with Gasteiger partial charge in [0.05, 0.1) is 11.1 Å². The molecule has 0 bridgehead atoms. The third kappa shape index (κ3) is 4.59. The zero-order valence-electron chi connectivity index (χ0n) is 16.7. The van der Waals surface area contributed by atoms with Crippen molar-refractivity contribution in [3.8, 4) is 0 Å². The number of hydrogen-bond acceptors (Lipinski definition) is 3. The molecule has 1 amide bonds. The Labute approximate surface area is 181 Å². The highest BCUT2D eigenvalue weighted by Crippen LogP contribution is 2.32. The molecule has 0 aliphatic heterocycles. The zero-order chi connectivity index (χ0) is 20.4. The first-order valence-electron chi connectivity index (χ1n) is 10.2. The van der Waals surface area contributed by atoms with E-state index in [4.69, 9.17) is 16.6 Å². The SMILES string of the molecule is C[C@@H]1[C@H](C)CCC[C@@H]1NC(=O)c1cc(Sc2ccc(Cl)cc2)nc2ccccc12. The molecule has 0 spiro atoms. The minimum atomic E-state index is -0.00694. The Balaban J connectivity index is 1.65. The Kier molecular flexibility index (Phi) is 6.12. The van der Waals surface area contributed by atoms with Crippen LogP contribution in [-0.2, 0) is 0 Å². The van der Waals surface area contributed by atoms with Crippen molar-refractivity contribution in [3.05, 3.63) is 65.2 Å². The van der Waals surface area contributed by atoms with Crippen LogP contribution in [-0.4, -0.2) is 16.9 Å². The largest absolute Gasteiger partial charge is 0.349 e. The number of fused-ring (bicyclic) bond motifs is 1. The van der Waals surface area contributed by atoms with Gasteiger partial charge in [-0.25, -0.2) is 4.98 Å². The first-order valence-corrected chi connectivity index (χ1v) is 11.3. The van der Waals surface area contributed by atoms with E-state index in [1.165, 1.54) is 24.6 Å². The molecule has 3 nitrogen and oxygen atoms in total. The molecule has 5 heteroatoms. The lowest BCUT2D eigenvalue weighted by Crippen LogP contribution is -2.43. The molecule has 0 saturated heterocycles. The van der Waals surface area contributed by atoms with Crippen LogP contribution in [0, 0.1) is 11.8 Å². The van der Waals surface area contributed by atoms with Gasteiger partial charge in [0, 0.05) is 21.3 Å². The molecule has 1 fully saturated rings. The van der Waals surface area contributed by atoms with Gasteiger partial charge in [0.25, 0.3) is 5.91 Å². The second-order valence-electron chi connectivity index (χ2n) is 7.93. The monoisotopic (exact) mass is 424 g/mol. The van der Waals surface area contributed by atoms with Crippen LogP contribution in [0.25, 0.3) is 10.9 Å². The first-order chi connectivity index (χ1) is 14.0. The number of amides is 1. The number of carbonyl (C=O) groups is 1. The molecule has 3 atom stereocenters. The summed E-state index contributed by atoms with van der Waals surface area (Å²) in [5, 5.41) is 5.72. The van der Waals surface area contributed by atoms with Crippen LogP contribution < -0.4 is 5.32 Å². The summed E-state index contributed by atoms with van der Waals surface area (Å²) in [5.41, 5.74) is 1.53. The minimum absolute atomic E-state index is 0.00694. The molecule has 1 N–H and O–H groups in total. The number of pyridine rings is 1. The maximum absolute atomic E-state index is 13.3. The van der Waals surface area contributed by atoms with Gasteiger partial charge in [0.2, 0.25) is 0 Å². The zero-order valence-corrected chi connectivity index (χ0v) is 18.3. The molecule has 1 heterocycles. The molecule has 0 unspecified atom stereocenters. The summed E-state index contributed by atoms with van der Waals surface area (Å²) in [6.07, 6.45) is 3.46. The summed E-state index contributed by atoms with van der Waals surface area (Å²) in [6.45, 7) is 4.53. The van der Waals surface area contributed by atoms with Gasteiger partial charge in [-0.15, -0.1) is 0 Å². The number of carbonyl (C=O) groups excluding carboxylic acids is 1. The lowest BCUT2D eigenvalue weighted by Gasteiger charge is -2.34. The van der Waals surface area contributed by atoms with E-state index in [9.17, 15) is 4.79 Å². The van der Waals surface area contributed by atoms with Gasteiger partial charge in [0.15, 0.2) is 0 Å². The van der Waals surface area contributed by atoms with Crippen molar-refractivity contribution in [1.82, 2.24) is 10.3 Å². The Morgan fingerprint density at radius 3 is 2.66 bits per heavy atom. The Morgan fingerprint density at radius 1 is 1.10 bits per heavy atom. The van der Waals surface area contributed by atoms with E-state index in [-0.39, 0.29) is 11.9 Å². The first kappa shape index (κ1) is 20.2. The average Bonchev–Trinajstić information content (AvgIpc) is 2.72. The van der Waals surface area contributed by atoms with Crippen LogP contribution in [0.15, 0.2) is 64.5 Å². The van der Waals surface area contributed by atoms with Crippen LogP contribution in [0.2, 0.25) is 5.02 Å². The van der Waals surface area contributed by atoms with Crippen molar-refractivity contribution in [2.75, 3.05) is 0 Å². The van der Waals surface area contributed by atoms with Crippen molar-refractivity contribution < 1.29 is 4.79 Å². The van der Waals surface area contributed by atoms with Crippen molar-refractivity contribution in [2.24, 2.45) is 11.8 Å². The van der Waals surface area contributed by atoms with Crippen molar-refractivity contribution >= 4 is 40.2 Å². The summed E-state index contributed by atoms with van der Waals surface area (Å²) >= 11 is 7.54. The predicted molar refractivity (Wildman–Crippen MR) is 121 cm³/mol. The molecule has 2 aromatic carbocycles. The van der Waals surface area contributed by atoms with E-state index in [1.807, 2.05) is 54.6 Å². The lowest BCUT2D eigenvalue weighted by atomic mass is 9.78. The smallest absolute Gasteiger partial charge is 0.252 e. The highest BCUT2D eigenvalue weighted by atomic mass is 35.5. The minimum Gasteiger partial charge on any atom is -0.349 e. The fourth-order valence-corrected chi connectivity index (χ4v) is 5.01. The fourth-order valence-electron chi connectivity index (χ4n) is 4.05. The summed E-state index contributed by atoms with van der Waals surface area (Å²) in [7, 11) is 0. The number of aromatic nitrogens is 1. The van der Waals surface area contributed by atoms with Gasteiger partial charge >= 0.3 is 0 Å². The average molecular weight is 425 g/mol. The molecular formula is C24H25ClN2OS. The third-order valence-corrected chi connectivity index (χ3v) is 7.17. The predicted octanol–water partition coefficient (Wildman–Crippen LogP) is 6.59. The van der Waals surface area contributed by atoms with E-state index < -0.39 is 0 Å². The normalized spacial score (nSPS) is 21.8. The molecular weight excluding hydrogens is 400 g/mol. The summed E-state index contributed by atoms with van der Waals surface area (Å²) in [6, 6.07) is 17.7. The number of para-hydroxylation sites is 1. The number of benzene rings is 2. The van der Waals surface area contributed by atoms with Gasteiger partial charge in [-0.05, 0) is 54.7 Å². The quantitative estimate of drug-likeness (QED) is 0.513. The molecule has 0 radical (unpaired) electrons. The summed E-state index contributed by atoms with van der Waals surface area (Å²) in [5.74, 6) is 1.12. The Morgan fingerprint density at radius 2 is 1.86 bits per heavy atom. The number of nitrogens with zero attached hydrogens (tertiary/aromatic N) is 1. The number of nitrogens with one attached hydrogen (secondary N) is 1. The molecule has 4 rings (SSSR count). The van der Waals surface area contributed by atoms with Crippen LogP contribution in [0.5, 0.6) is 0 Å². The van der Waals surface area contributed by atoms with Gasteiger partial charge in [-0.2, -0.15) is 0 Å². The molecule has 29 heavy (non-hydrogen) atoms. The fraction of sp³-hybridized carbons (Fsp3) is 0.333. The molecule has 1 aliphatic rings. The van der Waals surface area contributed by atoms with Crippen molar-refractivity contribution in [2.45, 2.75) is 49.1 Å². The van der Waals surface area contributed by atoms with Crippen molar-refractivity contribution in [3.63, 3.8) is 0 Å². The van der Waals surface area contributed by atoms with Crippen LogP contribution in [0.1, 0.15) is 43.5 Å². The van der Waals surface area contributed by atoms with E-state index in [0.717, 1.165) is 27.2 Å². The van der Waals surface area contributed by atoms with E-state index >= 15 is 0 Å². The molecule has 1 aliphatic carbocycles. The maximum Gasteiger partial charge on any atom is 0.252 e. The van der Waals surface area contributed by atoms with Gasteiger partial charge in [-0.1, -0.05) is 68.3 Å². The second kappa shape index (κ2) is 8.76. The third-order valence-electron chi connectivity index (χ3n) is 6.00. The Bertz CT molecular complexity index is 1020. The standard InChI is InChI=1S/C24H25ClN2OS/c1-15-6-5-9-21(16(15)2)27-24(28)20-14-23(26-22-8-4-3-7-19(20)22)29-18-12-10-17(25)11-13-18/h3-4,7-8,10-16,21H,5-6,9H2,1-2H3,(H,27,28)/t15-,16-,21+/m1/s1. The number of hydrogen-bond donors (Lipinski definition) is 1. The topological polar surface area (TPSA) is 42.0 Å². The highest BCUT2D eigenvalue weighted by molar-refractivity contribution is 7.99. The molecule has 1 aromatic heterocycles. The number of rotatable bonds is 4. The van der Waals surface area contributed by atoms with E-state index in [1.54, 1.807) is 0 Å². The summed E-state index contributed by atoms with van der Waals surface area (Å²) < 4.78 is 0. The molecule has 150 valence electrons. The highest BCUT2D eigenvalue weighted by Gasteiger charge is 2.29. The Hall–Kier alpha value is -2.04. The van der Waals surface area contributed by atoms with E-state index in [2.05, 4.69) is 19.2 Å². The van der Waals surface area contributed by atoms with Gasteiger partial charge in [0.1, 0.15) is 5.03 Å². The maximum atomic E-state index is 13.3.